The van der Waals surface area contributed by atoms with Crippen LogP contribution in [0.5, 0.6) is 0 Å². The van der Waals surface area contributed by atoms with Crippen molar-refractivity contribution in [2.24, 2.45) is 0 Å². The zero-order chi connectivity index (χ0) is 14.5. The highest BCUT2D eigenvalue weighted by atomic mass is 35.5. The quantitative estimate of drug-likeness (QED) is 0.695. The predicted octanol–water partition coefficient (Wildman–Crippen LogP) is 5.29. The maximum absolute atomic E-state index is 11.8. The van der Waals surface area contributed by atoms with Gasteiger partial charge in [-0.05, 0) is 43.2 Å². The van der Waals surface area contributed by atoms with Gasteiger partial charge in [0.15, 0.2) is 0 Å². The Labute approximate surface area is 133 Å². The molecular weight excluding hydrogens is 311 g/mol. The first kappa shape index (κ1) is 15.4. The molecule has 20 heavy (non-hydrogen) atoms. The number of carbonyl (C=O) groups is 1. The van der Waals surface area contributed by atoms with Crippen LogP contribution in [0.15, 0.2) is 53.4 Å². The Hall–Kier alpha value is -0.960. The number of halogens is 2. The van der Waals surface area contributed by atoms with E-state index >= 15 is 0 Å². The molecule has 0 fully saturated rings. The number of hydrogen-bond acceptors (Lipinski definition) is 2. The van der Waals surface area contributed by atoms with Crippen molar-refractivity contribution in [2.75, 3.05) is 0 Å². The number of thioether (sulfide) groups is 1. The highest BCUT2D eigenvalue weighted by Gasteiger charge is 2.17. The van der Waals surface area contributed by atoms with Gasteiger partial charge in [0, 0.05) is 4.90 Å². The molecule has 0 aromatic heterocycles. The Morgan fingerprint density at radius 3 is 2.40 bits per heavy atom. The van der Waals surface area contributed by atoms with Crippen molar-refractivity contribution in [1.29, 1.82) is 0 Å². The molecule has 0 amide bonds. The van der Waals surface area contributed by atoms with E-state index in [1.165, 1.54) is 0 Å². The van der Waals surface area contributed by atoms with E-state index in [9.17, 15) is 4.79 Å². The van der Waals surface area contributed by atoms with Gasteiger partial charge in [-0.15, -0.1) is 11.8 Å². The molecule has 0 aliphatic carbocycles. The lowest BCUT2D eigenvalue weighted by atomic mass is 10.1. The molecule has 4 heteroatoms. The van der Waals surface area contributed by atoms with Crippen LogP contribution in [0.25, 0.3) is 0 Å². The lowest BCUT2D eigenvalue weighted by Gasteiger charge is -2.14. The van der Waals surface area contributed by atoms with Gasteiger partial charge in [-0.3, -0.25) is 4.79 Å². The summed E-state index contributed by atoms with van der Waals surface area (Å²) in [7, 11) is 0. The molecule has 104 valence electrons. The second-order valence-electron chi connectivity index (χ2n) is 4.48. The van der Waals surface area contributed by atoms with E-state index in [-0.39, 0.29) is 11.0 Å². The minimum absolute atomic E-state index is 0.116. The van der Waals surface area contributed by atoms with Crippen LogP contribution < -0.4 is 0 Å². The summed E-state index contributed by atoms with van der Waals surface area (Å²) in [5.74, 6) is 0.157. The fourth-order valence-corrected chi connectivity index (χ4v) is 3.22. The topological polar surface area (TPSA) is 17.1 Å². The highest BCUT2D eigenvalue weighted by Crippen LogP contribution is 2.28. The van der Waals surface area contributed by atoms with Crippen LogP contribution in [0.4, 0.5) is 0 Å². The monoisotopic (exact) mass is 324 g/mol. The Kier molecular flexibility index (Phi) is 5.53. The average Bonchev–Trinajstić information content (AvgIpc) is 2.43. The second-order valence-corrected chi connectivity index (χ2v) is 6.57. The second kappa shape index (κ2) is 7.16. The number of rotatable bonds is 5. The summed E-state index contributed by atoms with van der Waals surface area (Å²) in [5.41, 5.74) is 1.02. The van der Waals surface area contributed by atoms with Crippen LogP contribution in [-0.4, -0.2) is 11.0 Å². The fourth-order valence-electron chi connectivity index (χ4n) is 1.81. The molecule has 2 rings (SSSR count). The van der Waals surface area contributed by atoms with Crippen LogP contribution in [-0.2, 0) is 11.2 Å². The van der Waals surface area contributed by atoms with Crippen LogP contribution >= 0.6 is 35.0 Å². The molecule has 0 heterocycles. The van der Waals surface area contributed by atoms with E-state index < -0.39 is 0 Å². The molecule has 0 aliphatic heterocycles. The minimum atomic E-state index is -0.116. The molecule has 0 spiro atoms. The van der Waals surface area contributed by atoms with Crippen LogP contribution in [0, 0.1) is 0 Å². The van der Waals surface area contributed by atoms with Gasteiger partial charge < -0.3 is 0 Å². The summed E-state index contributed by atoms with van der Waals surface area (Å²) in [6, 6.07) is 15.4. The number of Topliss-reactive ketones (excluding diaryl/α,β-unsaturated/α-hetero) is 1. The molecule has 0 radical (unpaired) electrons. The van der Waals surface area contributed by atoms with Gasteiger partial charge in [0.1, 0.15) is 5.78 Å². The lowest BCUT2D eigenvalue weighted by Crippen LogP contribution is -2.16. The SMILES string of the molecule is CC(=O)C(Cc1ccc(Cl)c(Cl)c1)Sc1ccccc1. The number of hydrogen-bond donors (Lipinski definition) is 0. The van der Waals surface area contributed by atoms with Gasteiger partial charge >= 0.3 is 0 Å². The number of ketones is 1. The summed E-state index contributed by atoms with van der Waals surface area (Å²) in [6.07, 6.45) is 0.645. The Morgan fingerprint density at radius 1 is 1.10 bits per heavy atom. The summed E-state index contributed by atoms with van der Waals surface area (Å²) in [5, 5.41) is 0.941. The predicted molar refractivity (Wildman–Crippen MR) is 86.9 cm³/mol. The van der Waals surface area contributed by atoms with E-state index in [2.05, 4.69) is 0 Å². The van der Waals surface area contributed by atoms with Crippen LogP contribution in [0.1, 0.15) is 12.5 Å². The third-order valence-corrected chi connectivity index (χ3v) is 4.95. The van der Waals surface area contributed by atoms with E-state index in [4.69, 9.17) is 23.2 Å². The van der Waals surface area contributed by atoms with Crippen molar-refractivity contribution in [2.45, 2.75) is 23.5 Å². The molecule has 0 saturated heterocycles. The lowest BCUT2D eigenvalue weighted by molar-refractivity contribution is -0.116. The molecule has 1 unspecified atom stereocenters. The Balaban J connectivity index is 2.13. The third kappa shape index (κ3) is 4.27. The summed E-state index contributed by atoms with van der Waals surface area (Å²) in [6.45, 7) is 1.62. The normalized spacial score (nSPS) is 12.2. The van der Waals surface area contributed by atoms with Crippen molar-refractivity contribution >= 4 is 40.7 Å². The van der Waals surface area contributed by atoms with Crippen molar-refractivity contribution in [3.63, 3.8) is 0 Å². The third-order valence-electron chi connectivity index (χ3n) is 2.88. The minimum Gasteiger partial charge on any atom is -0.299 e. The number of carbonyl (C=O) groups excluding carboxylic acids is 1. The highest BCUT2D eigenvalue weighted by molar-refractivity contribution is 8.00. The van der Waals surface area contributed by atoms with E-state index in [1.54, 1.807) is 24.8 Å². The van der Waals surface area contributed by atoms with Crippen molar-refractivity contribution in [1.82, 2.24) is 0 Å². The van der Waals surface area contributed by atoms with Crippen molar-refractivity contribution in [3.8, 4) is 0 Å². The number of benzene rings is 2. The first-order valence-corrected chi connectivity index (χ1v) is 7.86. The zero-order valence-electron chi connectivity index (χ0n) is 11.0. The first-order chi connectivity index (χ1) is 9.56. The molecule has 0 N–H and O–H groups in total. The average molecular weight is 325 g/mol. The standard InChI is InChI=1S/C16H14Cl2OS/c1-11(19)16(20-13-5-3-2-4-6-13)10-12-7-8-14(17)15(18)9-12/h2-9,16H,10H2,1H3. The molecule has 2 aromatic carbocycles. The summed E-state index contributed by atoms with van der Waals surface area (Å²) >= 11 is 13.5. The van der Waals surface area contributed by atoms with Crippen molar-refractivity contribution < 1.29 is 4.79 Å². The molecular formula is C16H14Cl2OS. The van der Waals surface area contributed by atoms with Crippen LogP contribution in [0.3, 0.4) is 0 Å². The smallest absolute Gasteiger partial charge is 0.143 e. The van der Waals surface area contributed by atoms with Gasteiger partial charge in [-0.2, -0.15) is 0 Å². The fraction of sp³-hybridized carbons (Fsp3) is 0.188. The largest absolute Gasteiger partial charge is 0.299 e. The molecule has 0 bridgehead atoms. The van der Waals surface area contributed by atoms with E-state index in [0.717, 1.165) is 10.5 Å². The Morgan fingerprint density at radius 2 is 1.80 bits per heavy atom. The van der Waals surface area contributed by atoms with Crippen LogP contribution in [0.2, 0.25) is 10.0 Å². The maximum atomic E-state index is 11.8. The molecule has 1 atom stereocenters. The summed E-state index contributed by atoms with van der Waals surface area (Å²) in [4.78, 5) is 12.9. The van der Waals surface area contributed by atoms with Gasteiger partial charge in [0.05, 0.1) is 15.3 Å². The Bertz CT molecular complexity index is 599. The van der Waals surface area contributed by atoms with Gasteiger partial charge in [-0.1, -0.05) is 47.5 Å². The van der Waals surface area contributed by atoms with E-state index in [1.807, 2.05) is 42.5 Å². The molecule has 0 aliphatic rings. The molecule has 2 aromatic rings. The summed E-state index contributed by atoms with van der Waals surface area (Å²) < 4.78 is 0. The van der Waals surface area contributed by atoms with E-state index in [0.29, 0.717) is 16.5 Å². The van der Waals surface area contributed by atoms with Gasteiger partial charge in [0.2, 0.25) is 0 Å². The zero-order valence-corrected chi connectivity index (χ0v) is 13.3. The molecule has 0 saturated carbocycles. The maximum Gasteiger partial charge on any atom is 0.143 e. The molecule has 1 nitrogen and oxygen atoms in total. The van der Waals surface area contributed by atoms with Gasteiger partial charge in [0.25, 0.3) is 0 Å². The van der Waals surface area contributed by atoms with Crippen molar-refractivity contribution in [3.05, 3.63) is 64.1 Å². The first-order valence-electron chi connectivity index (χ1n) is 6.22. The van der Waals surface area contributed by atoms with Gasteiger partial charge in [-0.25, -0.2) is 0 Å².